The van der Waals surface area contributed by atoms with Gasteiger partial charge in [-0.15, -0.1) is 23.1 Å². The molecule has 28 heavy (non-hydrogen) atoms. The van der Waals surface area contributed by atoms with Crippen LogP contribution in [0.25, 0.3) is 0 Å². The number of benzene rings is 2. The molecule has 0 radical (unpaired) electrons. The van der Waals surface area contributed by atoms with E-state index in [9.17, 15) is 9.59 Å². The first-order valence-corrected chi connectivity index (χ1v) is 10.3. The average molecular weight is 414 g/mol. The molecule has 0 unspecified atom stereocenters. The lowest BCUT2D eigenvalue weighted by molar-refractivity contribution is 0.101. The Balaban J connectivity index is 1.63. The maximum Gasteiger partial charge on any atom is 0.265 e. The predicted octanol–water partition coefficient (Wildman–Crippen LogP) is 4.99. The smallest absolute Gasteiger partial charge is 0.265 e. The first-order valence-electron chi connectivity index (χ1n) is 8.43. The van der Waals surface area contributed by atoms with Crippen molar-refractivity contribution in [2.24, 2.45) is 0 Å². The Bertz CT molecular complexity index is 970. The highest BCUT2D eigenvalue weighted by atomic mass is 32.2. The summed E-state index contributed by atoms with van der Waals surface area (Å²) in [7, 11) is 3.09. The van der Waals surface area contributed by atoms with Gasteiger partial charge < -0.3 is 14.8 Å². The fourth-order valence-electron chi connectivity index (χ4n) is 2.51. The third-order valence-corrected chi connectivity index (χ3v) is 5.77. The molecule has 1 heterocycles. The second-order valence-corrected chi connectivity index (χ2v) is 7.74. The van der Waals surface area contributed by atoms with Crippen molar-refractivity contribution < 1.29 is 19.1 Å². The van der Waals surface area contributed by atoms with E-state index in [-0.39, 0.29) is 17.4 Å². The minimum absolute atomic E-state index is 0.0148. The van der Waals surface area contributed by atoms with E-state index in [1.54, 1.807) is 31.4 Å². The number of methoxy groups -OCH3 is 2. The number of hydrogen-bond donors (Lipinski definition) is 1. The van der Waals surface area contributed by atoms with Gasteiger partial charge in [0, 0.05) is 16.1 Å². The van der Waals surface area contributed by atoms with E-state index in [2.05, 4.69) is 5.32 Å². The van der Waals surface area contributed by atoms with Crippen LogP contribution in [-0.2, 0) is 0 Å². The van der Waals surface area contributed by atoms with E-state index >= 15 is 0 Å². The van der Waals surface area contributed by atoms with Gasteiger partial charge in [0.05, 0.1) is 24.8 Å². The molecule has 3 rings (SSSR count). The fourth-order valence-corrected chi connectivity index (χ4v) is 3.97. The summed E-state index contributed by atoms with van der Waals surface area (Å²) >= 11 is 2.81. The van der Waals surface area contributed by atoms with Gasteiger partial charge in [0.1, 0.15) is 0 Å². The first kappa shape index (κ1) is 20.0. The standard InChI is InChI=1S/C21H19NO4S2/c1-25-18-9-8-14(11-19(18)26-2)17(23)13-28-16-6-3-5-15(12-16)22-21(24)20-7-4-10-27-20/h3-12H,13H2,1-2H3,(H,22,24). The SMILES string of the molecule is COc1ccc(C(=O)CSc2cccc(NC(=O)c3cccs3)c2)cc1OC. The Labute approximate surface area is 171 Å². The lowest BCUT2D eigenvalue weighted by Gasteiger charge is -2.09. The summed E-state index contributed by atoms with van der Waals surface area (Å²) in [5.41, 5.74) is 1.26. The summed E-state index contributed by atoms with van der Waals surface area (Å²) < 4.78 is 10.4. The van der Waals surface area contributed by atoms with E-state index in [0.29, 0.717) is 27.6 Å². The Morgan fingerprint density at radius 2 is 1.82 bits per heavy atom. The minimum atomic E-state index is -0.140. The summed E-state index contributed by atoms with van der Waals surface area (Å²) in [4.78, 5) is 26.2. The highest BCUT2D eigenvalue weighted by molar-refractivity contribution is 8.00. The van der Waals surface area contributed by atoms with Gasteiger partial charge in [0.15, 0.2) is 17.3 Å². The van der Waals surface area contributed by atoms with Crippen LogP contribution in [0.2, 0.25) is 0 Å². The van der Waals surface area contributed by atoms with E-state index in [1.165, 1.54) is 30.2 Å². The summed E-state index contributed by atoms with van der Waals surface area (Å²) in [6.07, 6.45) is 0. The Morgan fingerprint density at radius 1 is 1.00 bits per heavy atom. The molecule has 1 amide bonds. The number of ether oxygens (including phenoxy) is 2. The normalized spacial score (nSPS) is 10.4. The van der Waals surface area contributed by atoms with Gasteiger partial charge in [0.2, 0.25) is 0 Å². The number of nitrogens with one attached hydrogen (secondary N) is 1. The molecule has 144 valence electrons. The minimum Gasteiger partial charge on any atom is -0.493 e. The Kier molecular flexibility index (Phi) is 6.73. The molecule has 3 aromatic rings. The van der Waals surface area contributed by atoms with Crippen molar-refractivity contribution in [3.05, 3.63) is 70.4 Å². The van der Waals surface area contributed by atoms with Gasteiger partial charge >= 0.3 is 0 Å². The lowest BCUT2D eigenvalue weighted by atomic mass is 10.1. The zero-order valence-corrected chi connectivity index (χ0v) is 17.1. The molecule has 0 saturated carbocycles. The molecule has 0 saturated heterocycles. The molecule has 7 heteroatoms. The summed E-state index contributed by atoms with van der Waals surface area (Å²) in [5.74, 6) is 1.23. The van der Waals surface area contributed by atoms with Crippen molar-refractivity contribution in [3.8, 4) is 11.5 Å². The number of rotatable bonds is 8. The van der Waals surface area contributed by atoms with Gasteiger partial charge in [-0.2, -0.15) is 0 Å². The van der Waals surface area contributed by atoms with Crippen LogP contribution in [0, 0.1) is 0 Å². The van der Waals surface area contributed by atoms with Crippen LogP contribution in [0.4, 0.5) is 5.69 Å². The highest BCUT2D eigenvalue weighted by Crippen LogP contribution is 2.29. The molecular weight excluding hydrogens is 394 g/mol. The van der Waals surface area contributed by atoms with Crippen molar-refractivity contribution >= 4 is 40.5 Å². The Morgan fingerprint density at radius 3 is 2.54 bits per heavy atom. The summed E-state index contributed by atoms with van der Waals surface area (Å²) in [6.45, 7) is 0. The number of carbonyl (C=O) groups is 2. The molecule has 0 spiro atoms. The van der Waals surface area contributed by atoms with Crippen LogP contribution in [0.1, 0.15) is 20.0 Å². The van der Waals surface area contributed by atoms with Gasteiger partial charge in [-0.25, -0.2) is 0 Å². The van der Waals surface area contributed by atoms with Gasteiger partial charge in [-0.1, -0.05) is 12.1 Å². The van der Waals surface area contributed by atoms with Crippen LogP contribution in [0.5, 0.6) is 11.5 Å². The second kappa shape index (κ2) is 9.43. The maximum absolute atomic E-state index is 12.5. The van der Waals surface area contributed by atoms with Crippen molar-refractivity contribution in [2.45, 2.75) is 4.90 Å². The molecular formula is C21H19NO4S2. The topological polar surface area (TPSA) is 64.6 Å². The monoisotopic (exact) mass is 413 g/mol. The Hall–Kier alpha value is -2.77. The number of hydrogen-bond acceptors (Lipinski definition) is 6. The number of anilines is 1. The molecule has 2 aromatic carbocycles. The molecule has 5 nitrogen and oxygen atoms in total. The fraction of sp³-hybridized carbons (Fsp3) is 0.143. The molecule has 0 aliphatic carbocycles. The number of thioether (sulfide) groups is 1. The van der Waals surface area contributed by atoms with E-state index in [1.807, 2.05) is 35.7 Å². The van der Waals surface area contributed by atoms with Crippen LogP contribution >= 0.6 is 23.1 Å². The molecule has 0 bridgehead atoms. The lowest BCUT2D eigenvalue weighted by Crippen LogP contribution is -2.10. The van der Waals surface area contributed by atoms with Crippen molar-refractivity contribution in [1.29, 1.82) is 0 Å². The zero-order valence-electron chi connectivity index (χ0n) is 15.4. The number of ketones is 1. The van der Waals surface area contributed by atoms with Crippen molar-refractivity contribution in [3.63, 3.8) is 0 Å². The van der Waals surface area contributed by atoms with Gasteiger partial charge in [-0.3, -0.25) is 9.59 Å². The number of thiophene rings is 1. The van der Waals surface area contributed by atoms with E-state index in [4.69, 9.17) is 9.47 Å². The molecule has 1 aromatic heterocycles. The van der Waals surface area contributed by atoms with Gasteiger partial charge in [0.25, 0.3) is 5.91 Å². The van der Waals surface area contributed by atoms with Crippen molar-refractivity contribution in [2.75, 3.05) is 25.3 Å². The second-order valence-electron chi connectivity index (χ2n) is 5.74. The number of amides is 1. The van der Waals surface area contributed by atoms with E-state index < -0.39 is 0 Å². The quantitative estimate of drug-likeness (QED) is 0.416. The molecule has 0 aliphatic rings. The summed E-state index contributed by atoms with van der Waals surface area (Å²) in [5, 5.41) is 4.74. The third kappa shape index (κ3) is 4.94. The van der Waals surface area contributed by atoms with Crippen LogP contribution in [-0.4, -0.2) is 31.7 Å². The largest absolute Gasteiger partial charge is 0.493 e. The molecule has 0 aliphatic heterocycles. The zero-order chi connectivity index (χ0) is 19.9. The van der Waals surface area contributed by atoms with Crippen LogP contribution in [0.3, 0.4) is 0 Å². The van der Waals surface area contributed by atoms with E-state index in [0.717, 1.165) is 4.90 Å². The third-order valence-electron chi connectivity index (χ3n) is 3.91. The number of carbonyl (C=O) groups excluding carboxylic acids is 2. The molecule has 1 N–H and O–H groups in total. The molecule has 0 fully saturated rings. The van der Waals surface area contributed by atoms with Gasteiger partial charge in [-0.05, 0) is 47.8 Å². The van der Waals surface area contributed by atoms with Crippen LogP contribution < -0.4 is 14.8 Å². The molecule has 0 atom stereocenters. The maximum atomic E-state index is 12.5. The highest BCUT2D eigenvalue weighted by Gasteiger charge is 2.12. The number of Topliss-reactive ketones (excluding diaryl/α,β-unsaturated/α-hetero) is 1. The predicted molar refractivity (Wildman–Crippen MR) is 113 cm³/mol. The summed E-state index contributed by atoms with van der Waals surface area (Å²) in [6, 6.07) is 16.2. The van der Waals surface area contributed by atoms with Crippen molar-refractivity contribution in [1.82, 2.24) is 0 Å². The first-order chi connectivity index (χ1) is 13.6. The van der Waals surface area contributed by atoms with Crippen LogP contribution in [0.15, 0.2) is 64.9 Å². The average Bonchev–Trinajstić information content (AvgIpc) is 3.27.